The number of hydrogen-bond acceptors (Lipinski definition) is 4. The van der Waals surface area contributed by atoms with Gasteiger partial charge in [0.05, 0.1) is 10.8 Å². The number of ether oxygens (including phenoxy) is 1. The van der Waals surface area contributed by atoms with Crippen LogP contribution in [0, 0.1) is 0 Å². The van der Waals surface area contributed by atoms with Crippen molar-refractivity contribution in [1.82, 2.24) is 4.72 Å². The van der Waals surface area contributed by atoms with E-state index in [1.807, 2.05) is 0 Å². The van der Waals surface area contributed by atoms with Crippen LogP contribution >= 0.6 is 0 Å². The number of carboxylic acids is 1. The molecule has 6 nitrogen and oxygen atoms in total. The Morgan fingerprint density at radius 3 is 2.47 bits per heavy atom. The number of benzene rings is 1. The molecule has 0 aromatic heterocycles. The van der Waals surface area contributed by atoms with Gasteiger partial charge in [-0.1, -0.05) is 0 Å². The highest BCUT2D eigenvalue weighted by Crippen LogP contribution is 2.27. The molecule has 0 heterocycles. The lowest BCUT2D eigenvalue weighted by atomic mass is 10.2. The first-order chi connectivity index (χ1) is 8.99. The van der Waals surface area contributed by atoms with Gasteiger partial charge in [0.25, 0.3) is 0 Å². The minimum absolute atomic E-state index is 0.182. The third-order valence-electron chi connectivity index (χ3n) is 2.74. The van der Waals surface area contributed by atoms with Gasteiger partial charge in [0.15, 0.2) is 0 Å². The van der Waals surface area contributed by atoms with Crippen LogP contribution in [0.1, 0.15) is 23.2 Å². The van der Waals surface area contributed by atoms with Gasteiger partial charge in [-0.15, -0.1) is 0 Å². The fraction of sp³-hybridized carbons (Fsp3) is 0.417. The summed E-state index contributed by atoms with van der Waals surface area (Å²) in [5.41, 5.74) is 0.182. The summed E-state index contributed by atoms with van der Waals surface area (Å²) in [6.07, 6.45) is 1.46. The highest BCUT2D eigenvalue weighted by Gasteiger charge is 2.35. The number of carbonyl (C=O) groups is 1. The fourth-order valence-electron chi connectivity index (χ4n) is 1.54. The highest BCUT2D eigenvalue weighted by molar-refractivity contribution is 7.90. The summed E-state index contributed by atoms with van der Waals surface area (Å²) >= 11 is 0. The third kappa shape index (κ3) is 3.93. The zero-order valence-electron chi connectivity index (χ0n) is 10.2. The summed E-state index contributed by atoms with van der Waals surface area (Å²) < 4.78 is 30.8. The number of aromatic carboxylic acids is 1. The molecule has 2 N–H and O–H groups in total. The van der Waals surface area contributed by atoms with Crippen molar-refractivity contribution in [1.29, 1.82) is 0 Å². The lowest BCUT2D eigenvalue weighted by Gasteiger charge is -2.08. The van der Waals surface area contributed by atoms with Gasteiger partial charge in [-0.2, -0.15) is 0 Å². The van der Waals surface area contributed by atoms with Gasteiger partial charge in [-0.05, 0) is 37.1 Å². The lowest BCUT2D eigenvalue weighted by molar-refractivity contribution is 0.0697. The van der Waals surface area contributed by atoms with Crippen molar-refractivity contribution in [3.8, 4) is 5.75 Å². The van der Waals surface area contributed by atoms with Crippen LogP contribution in [-0.4, -0.2) is 37.9 Å². The maximum atomic E-state index is 11.5. The van der Waals surface area contributed by atoms with Crippen LogP contribution in [0.2, 0.25) is 0 Å². The predicted octanol–water partition coefficient (Wildman–Crippen LogP) is 0.845. The average molecular weight is 285 g/mol. The predicted molar refractivity (Wildman–Crippen MR) is 68.8 cm³/mol. The zero-order chi connectivity index (χ0) is 13.9. The molecular weight excluding hydrogens is 270 g/mol. The molecule has 0 aliphatic heterocycles. The van der Waals surface area contributed by atoms with Crippen molar-refractivity contribution >= 4 is 16.0 Å². The van der Waals surface area contributed by atoms with Gasteiger partial charge >= 0.3 is 5.97 Å². The van der Waals surface area contributed by atoms with E-state index in [2.05, 4.69) is 4.72 Å². The molecule has 0 atom stereocenters. The number of rotatable bonds is 7. The third-order valence-corrected chi connectivity index (χ3v) is 4.69. The summed E-state index contributed by atoms with van der Waals surface area (Å²) in [5.74, 6) is -0.487. The van der Waals surface area contributed by atoms with Crippen LogP contribution in [0.25, 0.3) is 0 Å². The minimum Gasteiger partial charge on any atom is -0.492 e. The number of sulfonamides is 1. The molecule has 0 spiro atoms. The summed E-state index contributed by atoms with van der Waals surface area (Å²) in [4.78, 5) is 10.6. The normalized spacial score (nSPS) is 15.2. The van der Waals surface area contributed by atoms with Gasteiger partial charge in [-0.25, -0.2) is 17.9 Å². The first-order valence-electron chi connectivity index (χ1n) is 5.94. The minimum atomic E-state index is -3.17. The van der Waals surface area contributed by atoms with Crippen LogP contribution in [-0.2, 0) is 10.0 Å². The first kappa shape index (κ1) is 13.8. The highest BCUT2D eigenvalue weighted by atomic mass is 32.2. The molecule has 1 aliphatic carbocycles. The van der Waals surface area contributed by atoms with E-state index in [4.69, 9.17) is 9.84 Å². The Balaban J connectivity index is 1.75. The molecule has 1 aromatic carbocycles. The Bertz CT molecular complexity index is 548. The quantitative estimate of drug-likeness (QED) is 0.724. The van der Waals surface area contributed by atoms with Crippen molar-refractivity contribution in [2.75, 3.05) is 13.2 Å². The molecule has 104 valence electrons. The Morgan fingerprint density at radius 2 is 1.95 bits per heavy atom. The maximum absolute atomic E-state index is 11.5. The second-order valence-electron chi connectivity index (χ2n) is 4.32. The average Bonchev–Trinajstić information content (AvgIpc) is 3.20. The molecule has 0 unspecified atom stereocenters. The van der Waals surface area contributed by atoms with Crippen molar-refractivity contribution in [2.24, 2.45) is 0 Å². The largest absolute Gasteiger partial charge is 0.492 e. The standard InChI is InChI=1S/C12H15NO5S/c14-12(15)9-1-3-10(4-2-9)18-8-7-13-19(16,17)11-5-6-11/h1-4,11,13H,5-8H2,(H,14,15). The van der Waals surface area contributed by atoms with E-state index < -0.39 is 16.0 Å². The summed E-state index contributed by atoms with van der Waals surface area (Å²) in [5, 5.41) is 8.49. The van der Waals surface area contributed by atoms with Crippen molar-refractivity contribution in [3.05, 3.63) is 29.8 Å². The molecule has 1 aromatic rings. The smallest absolute Gasteiger partial charge is 0.335 e. The number of carboxylic acid groups (broad SMARTS) is 1. The van der Waals surface area contributed by atoms with Gasteiger partial charge in [0.2, 0.25) is 10.0 Å². The number of hydrogen-bond donors (Lipinski definition) is 2. The molecule has 0 bridgehead atoms. The van der Waals surface area contributed by atoms with Crippen molar-refractivity contribution in [3.63, 3.8) is 0 Å². The van der Waals surface area contributed by atoms with Crippen LogP contribution in [0.3, 0.4) is 0 Å². The van der Waals surface area contributed by atoms with E-state index in [0.29, 0.717) is 5.75 Å². The van der Waals surface area contributed by atoms with E-state index in [9.17, 15) is 13.2 Å². The van der Waals surface area contributed by atoms with Crippen LogP contribution in [0.15, 0.2) is 24.3 Å². The second-order valence-corrected chi connectivity index (χ2v) is 6.36. The van der Waals surface area contributed by atoms with E-state index >= 15 is 0 Å². The van der Waals surface area contributed by atoms with Crippen LogP contribution < -0.4 is 9.46 Å². The van der Waals surface area contributed by atoms with E-state index in [1.54, 1.807) is 12.1 Å². The zero-order valence-corrected chi connectivity index (χ0v) is 11.0. The van der Waals surface area contributed by atoms with E-state index in [0.717, 1.165) is 12.8 Å². The molecule has 0 amide bonds. The lowest BCUT2D eigenvalue weighted by Crippen LogP contribution is -2.31. The van der Waals surface area contributed by atoms with E-state index in [1.165, 1.54) is 12.1 Å². The Kier molecular flexibility index (Phi) is 4.06. The molecule has 0 saturated heterocycles. The first-order valence-corrected chi connectivity index (χ1v) is 7.48. The Labute approximate surface area is 111 Å². The van der Waals surface area contributed by atoms with Gasteiger partial charge in [0, 0.05) is 6.54 Å². The topological polar surface area (TPSA) is 92.7 Å². The van der Waals surface area contributed by atoms with Crippen LogP contribution in [0.4, 0.5) is 0 Å². The monoisotopic (exact) mass is 285 g/mol. The van der Waals surface area contributed by atoms with Crippen LogP contribution in [0.5, 0.6) is 5.75 Å². The Hall–Kier alpha value is -1.60. The van der Waals surface area contributed by atoms with Gasteiger partial charge in [0.1, 0.15) is 12.4 Å². The molecule has 1 saturated carbocycles. The Morgan fingerprint density at radius 1 is 1.32 bits per heavy atom. The second kappa shape index (κ2) is 5.58. The molecule has 7 heteroatoms. The summed E-state index contributed by atoms with van der Waals surface area (Å²) in [6.45, 7) is 0.415. The SMILES string of the molecule is O=C(O)c1ccc(OCCNS(=O)(=O)C2CC2)cc1. The van der Waals surface area contributed by atoms with Crippen molar-refractivity contribution < 1.29 is 23.1 Å². The summed E-state index contributed by atoms with van der Waals surface area (Å²) in [6, 6.07) is 5.95. The molecular formula is C12H15NO5S. The molecule has 1 aliphatic rings. The molecule has 2 rings (SSSR count). The molecule has 19 heavy (non-hydrogen) atoms. The maximum Gasteiger partial charge on any atom is 0.335 e. The number of nitrogens with one attached hydrogen (secondary N) is 1. The van der Waals surface area contributed by atoms with E-state index in [-0.39, 0.29) is 24.0 Å². The van der Waals surface area contributed by atoms with Crippen molar-refractivity contribution in [2.45, 2.75) is 18.1 Å². The fourth-order valence-corrected chi connectivity index (χ4v) is 2.90. The van der Waals surface area contributed by atoms with Gasteiger partial charge in [-0.3, -0.25) is 0 Å². The molecule has 1 fully saturated rings. The van der Waals surface area contributed by atoms with Gasteiger partial charge < -0.3 is 9.84 Å². The molecule has 0 radical (unpaired) electrons. The summed E-state index contributed by atoms with van der Waals surface area (Å²) in [7, 11) is -3.17.